The van der Waals surface area contributed by atoms with Gasteiger partial charge in [-0.15, -0.1) is 0 Å². The Kier molecular flexibility index (Phi) is 6.54. The van der Waals surface area contributed by atoms with Crippen LogP contribution >= 0.6 is 0 Å². The Labute approximate surface area is 109 Å². The lowest BCUT2D eigenvalue weighted by molar-refractivity contribution is 0.361. The van der Waals surface area contributed by atoms with E-state index in [4.69, 9.17) is 4.74 Å². The average Bonchev–Trinajstić information content (AvgIpc) is 2.43. The van der Waals surface area contributed by atoms with Crippen LogP contribution in [-0.2, 0) is 6.42 Å². The summed E-state index contributed by atoms with van der Waals surface area (Å²) in [6, 6.07) is 8.21. The van der Waals surface area contributed by atoms with Crippen LogP contribution in [0.25, 0.3) is 0 Å². The van der Waals surface area contributed by atoms with Crippen LogP contribution in [0.5, 0.6) is 5.75 Å². The summed E-state index contributed by atoms with van der Waals surface area (Å²) in [7, 11) is 3.34. The number of methoxy groups -OCH3 is 1. The minimum absolute atomic E-state index is 0.858. The maximum Gasteiger partial charge on any atom is 0.118 e. The third-order valence-electron chi connectivity index (χ3n) is 2.68. The fourth-order valence-electron chi connectivity index (χ4n) is 1.68. The standard InChI is InChI=1S/C14H21N3O/c1-4-17(16-15-2)12-6-5-7-13-8-10-14(18-3)11-9-13/h4,8-11H,1,5-7,12H2,2-3H3. The van der Waals surface area contributed by atoms with Crippen LogP contribution in [0.1, 0.15) is 18.4 Å². The number of ether oxygens (including phenoxy) is 1. The van der Waals surface area contributed by atoms with Gasteiger partial charge in [0.1, 0.15) is 5.75 Å². The number of aryl methyl sites for hydroxylation is 1. The first-order chi connectivity index (χ1) is 8.80. The molecule has 0 atom stereocenters. The van der Waals surface area contributed by atoms with Gasteiger partial charge >= 0.3 is 0 Å². The molecule has 18 heavy (non-hydrogen) atoms. The van der Waals surface area contributed by atoms with Crippen LogP contribution in [0.15, 0.2) is 47.4 Å². The summed E-state index contributed by atoms with van der Waals surface area (Å²) in [5.74, 6) is 0.903. The van der Waals surface area contributed by atoms with Gasteiger partial charge in [-0.2, -0.15) is 5.11 Å². The smallest absolute Gasteiger partial charge is 0.118 e. The quantitative estimate of drug-likeness (QED) is 0.401. The van der Waals surface area contributed by atoms with Crippen molar-refractivity contribution in [1.29, 1.82) is 0 Å². The van der Waals surface area contributed by atoms with E-state index in [-0.39, 0.29) is 0 Å². The Bertz CT molecular complexity index is 373. The lowest BCUT2D eigenvalue weighted by Crippen LogP contribution is -2.10. The highest BCUT2D eigenvalue weighted by atomic mass is 16.5. The van der Waals surface area contributed by atoms with Crippen LogP contribution in [0.3, 0.4) is 0 Å². The molecular formula is C14H21N3O. The molecule has 4 heteroatoms. The van der Waals surface area contributed by atoms with E-state index in [0.717, 1.165) is 31.6 Å². The minimum Gasteiger partial charge on any atom is -0.497 e. The lowest BCUT2D eigenvalue weighted by atomic mass is 10.1. The van der Waals surface area contributed by atoms with Crippen LogP contribution < -0.4 is 4.74 Å². The van der Waals surface area contributed by atoms with Gasteiger partial charge in [0.25, 0.3) is 0 Å². The predicted molar refractivity (Wildman–Crippen MR) is 73.6 cm³/mol. The minimum atomic E-state index is 0.858. The molecule has 0 spiro atoms. The van der Waals surface area contributed by atoms with Crippen molar-refractivity contribution in [2.24, 2.45) is 10.3 Å². The zero-order valence-corrected chi connectivity index (χ0v) is 11.2. The van der Waals surface area contributed by atoms with Crippen LogP contribution in [0.2, 0.25) is 0 Å². The van der Waals surface area contributed by atoms with E-state index in [0.29, 0.717) is 0 Å². The molecule has 4 nitrogen and oxygen atoms in total. The van der Waals surface area contributed by atoms with Gasteiger partial charge in [-0.1, -0.05) is 23.9 Å². The molecule has 0 saturated carbocycles. The molecule has 0 fully saturated rings. The van der Waals surface area contributed by atoms with Crippen molar-refractivity contribution >= 4 is 0 Å². The third kappa shape index (κ3) is 4.99. The van der Waals surface area contributed by atoms with E-state index in [1.165, 1.54) is 5.56 Å². The summed E-state index contributed by atoms with van der Waals surface area (Å²) < 4.78 is 5.13. The second-order valence-corrected chi connectivity index (χ2v) is 3.94. The van der Waals surface area contributed by atoms with Crippen molar-refractivity contribution in [2.45, 2.75) is 19.3 Å². The molecule has 0 heterocycles. The molecule has 0 amide bonds. The van der Waals surface area contributed by atoms with Crippen LogP contribution in [0.4, 0.5) is 0 Å². The Morgan fingerprint density at radius 1 is 1.28 bits per heavy atom. The zero-order valence-electron chi connectivity index (χ0n) is 11.2. The maximum atomic E-state index is 5.13. The number of rotatable bonds is 8. The fraction of sp³-hybridized carbons (Fsp3) is 0.429. The van der Waals surface area contributed by atoms with E-state index < -0.39 is 0 Å². The molecule has 1 aromatic rings. The van der Waals surface area contributed by atoms with Gasteiger partial charge in [0.05, 0.1) is 14.2 Å². The molecule has 1 rings (SSSR count). The molecule has 0 N–H and O–H groups in total. The van der Waals surface area contributed by atoms with E-state index in [1.807, 2.05) is 12.1 Å². The lowest BCUT2D eigenvalue weighted by Gasteiger charge is -2.11. The first kappa shape index (κ1) is 14.2. The normalized spacial score (nSPS) is 10.6. The van der Waals surface area contributed by atoms with Crippen molar-refractivity contribution in [2.75, 3.05) is 20.7 Å². The number of hydrogen-bond acceptors (Lipinski definition) is 3. The van der Waals surface area contributed by atoms with Crippen molar-refractivity contribution in [3.8, 4) is 5.75 Å². The highest BCUT2D eigenvalue weighted by Gasteiger charge is 1.98. The second kappa shape index (κ2) is 8.28. The Balaban J connectivity index is 2.26. The zero-order chi connectivity index (χ0) is 13.2. The summed E-state index contributed by atoms with van der Waals surface area (Å²) in [5, 5.41) is 9.42. The molecule has 0 aliphatic rings. The summed E-state index contributed by atoms with van der Waals surface area (Å²) >= 11 is 0. The van der Waals surface area contributed by atoms with Crippen molar-refractivity contribution < 1.29 is 4.74 Å². The average molecular weight is 247 g/mol. The Hall–Kier alpha value is -1.84. The number of unbranched alkanes of at least 4 members (excludes halogenated alkanes) is 1. The van der Waals surface area contributed by atoms with Gasteiger partial charge in [0.2, 0.25) is 0 Å². The van der Waals surface area contributed by atoms with Gasteiger partial charge in [-0.3, -0.25) is 5.01 Å². The summed E-state index contributed by atoms with van der Waals surface area (Å²) in [6.45, 7) is 4.55. The monoisotopic (exact) mass is 247 g/mol. The van der Waals surface area contributed by atoms with E-state index in [2.05, 4.69) is 29.0 Å². The molecule has 98 valence electrons. The van der Waals surface area contributed by atoms with E-state index in [9.17, 15) is 0 Å². The molecule has 0 aliphatic heterocycles. The topological polar surface area (TPSA) is 37.2 Å². The SMILES string of the molecule is C=CN(CCCCc1ccc(OC)cc1)N=NC. The predicted octanol–water partition coefficient (Wildman–Crippen LogP) is 3.46. The molecule has 0 saturated heterocycles. The van der Waals surface area contributed by atoms with E-state index in [1.54, 1.807) is 25.4 Å². The van der Waals surface area contributed by atoms with Crippen molar-refractivity contribution in [3.63, 3.8) is 0 Å². The summed E-state index contributed by atoms with van der Waals surface area (Å²) in [4.78, 5) is 0. The number of benzene rings is 1. The van der Waals surface area contributed by atoms with Gasteiger partial charge < -0.3 is 4.74 Å². The second-order valence-electron chi connectivity index (χ2n) is 3.94. The third-order valence-corrected chi connectivity index (χ3v) is 2.68. The van der Waals surface area contributed by atoms with Gasteiger partial charge in [-0.25, -0.2) is 0 Å². The molecule has 0 unspecified atom stereocenters. The Morgan fingerprint density at radius 2 is 2.00 bits per heavy atom. The molecule has 0 bridgehead atoms. The van der Waals surface area contributed by atoms with E-state index >= 15 is 0 Å². The van der Waals surface area contributed by atoms with Gasteiger partial charge in [0.15, 0.2) is 0 Å². The van der Waals surface area contributed by atoms with Crippen molar-refractivity contribution in [3.05, 3.63) is 42.6 Å². The molecule has 0 aliphatic carbocycles. The van der Waals surface area contributed by atoms with Gasteiger partial charge in [-0.05, 0) is 37.0 Å². The van der Waals surface area contributed by atoms with Crippen LogP contribution in [-0.4, -0.2) is 25.7 Å². The number of nitrogens with zero attached hydrogens (tertiary/aromatic N) is 3. The maximum absolute atomic E-state index is 5.13. The van der Waals surface area contributed by atoms with Gasteiger partial charge in [0, 0.05) is 12.7 Å². The first-order valence-corrected chi connectivity index (χ1v) is 6.12. The van der Waals surface area contributed by atoms with Crippen LogP contribution in [0, 0.1) is 0 Å². The summed E-state index contributed by atoms with van der Waals surface area (Å²) in [5.41, 5.74) is 1.33. The molecular weight excluding hydrogens is 226 g/mol. The Morgan fingerprint density at radius 3 is 2.56 bits per heavy atom. The first-order valence-electron chi connectivity index (χ1n) is 6.12. The molecule has 0 aromatic heterocycles. The highest BCUT2D eigenvalue weighted by molar-refractivity contribution is 5.27. The molecule has 0 radical (unpaired) electrons. The molecule has 1 aromatic carbocycles. The van der Waals surface area contributed by atoms with Crippen molar-refractivity contribution in [1.82, 2.24) is 5.01 Å². The number of hydrogen-bond donors (Lipinski definition) is 0. The fourth-order valence-corrected chi connectivity index (χ4v) is 1.68. The largest absolute Gasteiger partial charge is 0.497 e. The summed E-state index contributed by atoms with van der Waals surface area (Å²) in [6.07, 6.45) is 4.95. The highest BCUT2D eigenvalue weighted by Crippen LogP contribution is 2.13.